The van der Waals surface area contributed by atoms with Crippen LogP contribution in [0, 0.1) is 0 Å². The number of aromatic carboxylic acids is 1. The minimum Gasteiger partial charge on any atom is -0.492 e. The van der Waals surface area contributed by atoms with Crippen molar-refractivity contribution in [3.05, 3.63) is 29.8 Å². The molecule has 0 bridgehead atoms. The largest absolute Gasteiger partial charge is 0.492 e. The van der Waals surface area contributed by atoms with Gasteiger partial charge in [0.2, 0.25) is 0 Å². The Morgan fingerprint density at radius 2 is 1.87 bits per heavy atom. The highest BCUT2D eigenvalue weighted by molar-refractivity contribution is 5.87. The quantitative estimate of drug-likeness (QED) is 0.758. The topological polar surface area (TPSA) is 53.0 Å². The Morgan fingerprint density at radius 1 is 1.22 bits per heavy atom. The second-order valence-corrected chi connectivity index (χ2v) is 6.36. The summed E-state index contributed by atoms with van der Waals surface area (Å²) in [4.78, 5) is 15.8. The first-order valence-electron chi connectivity index (χ1n) is 8.49. The molecule has 2 rings (SSSR count). The SMILES string of the molecule is CC(C)N(CCOc1ccc(C(=O)O)cc1)CCN1CCCC1. The number of rotatable bonds is 9. The lowest BCUT2D eigenvalue weighted by atomic mass is 10.2. The van der Waals surface area contributed by atoms with Crippen molar-refractivity contribution in [2.45, 2.75) is 32.7 Å². The van der Waals surface area contributed by atoms with Gasteiger partial charge in [-0.05, 0) is 64.0 Å². The molecule has 1 aromatic rings. The van der Waals surface area contributed by atoms with E-state index in [9.17, 15) is 4.79 Å². The van der Waals surface area contributed by atoms with Gasteiger partial charge in [-0.3, -0.25) is 4.90 Å². The summed E-state index contributed by atoms with van der Waals surface area (Å²) in [6.07, 6.45) is 2.66. The number of hydrogen-bond donors (Lipinski definition) is 1. The summed E-state index contributed by atoms with van der Waals surface area (Å²) < 4.78 is 5.74. The fourth-order valence-electron chi connectivity index (χ4n) is 2.88. The van der Waals surface area contributed by atoms with Gasteiger partial charge >= 0.3 is 5.97 Å². The molecule has 1 aromatic carbocycles. The maximum Gasteiger partial charge on any atom is 0.335 e. The number of ether oxygens (including phenoxy) is 1. The van der Waals surface area contributed by atoms with Crippen molar-refractivity contribution >= 4 is 5.97 Å². The lowest BCUT2D eigenvalue weighted by Crippen LogP contribution is -2.40. The molecule has 0 atom stereocenters. The van der Waals surface area contributed by atoms with Crippen molar-refractivity contribution in [1.29, 1.82) is 0 Å². The zero-order chi connectivity index (χ0) is 16.7. The van der Waals surface area contributed by atoms with Crippen molar-refractivity contribution in [2.24, 2.45) is 0 Å². The molecule has 0 spiro atoms. The van der Waals surface area contributed by atoms with Crippen LogP contribution in [-0.4, -0.2) is 66.2 Å². The minimum absolute atomic E-state index is 0.284. The van der Waals surface area contributed by atoms with Gasteiger partial charge in [0.05, 0.1) is 5.56 Å². The molecule has 1 N–H and O–H groups in total. The smallest absolute Gasteiger partial charge is 0.335 e. The highest BCUT2D eigenvalue weighted by Crippen LogP contribution is 2.13. The average Bonchev–Trinajstić information content (AvgIpc) is 3.04. The number of nitrogens with zero attached hydrogens (tertiary/aromatic N) is 2. The molecule has 1 fully saturated rings. The van der Waals surface area contributed by atoms with Crippen LogP contribution in [-0.2, 0) is 0 Å². The Kier molecular flexibility index (Phi) is 6.86. The molecule has 23 heavy (non-hydrogen) atoms. The van der Waals surface area contributed by atoms with E-state index < -0.39 is 5.97 Å². The molecule has 1 aliphatic rings. The summed E-state index contributed by atoms with van der Waals surface area (Å²) in [5.74, 6) is -0.192. The van der Waals surface area contributed by atoms with Crippen molar-refractivity contribution < 1.29 is 14.6 Å². The van der Waals surface area contributed by atoms with E-state index in [2.05, 4.69) is 23.6 Å². The molecule has 0 unspecified atom stereocenters. The fraction of sp³-hybridized carbons (Fsp3) is 0.611. The fourth-order valence-corrected chi connectivity index (χ4v) is 2.88. The second-order valence-electron chi connectivity index (χ2n) is 6.36. The zero-order valence-corrected chi connectivity index (χ0v) is 14.2. The van der Waals surface area contributed by atoms with E-state index in [1.54, 1.807) is 24.3 Å². The van der Waals surface area contributed by atoms with E-state index in [1.165, 1.54) is 25.9 Å². The molecule has 5 heteroatoms. The third-order valence-corrected chi connectivity index (χ3v) is 4.38. The number of carboxylic acids is 1. The summed E-state index contributed by atoms with van der Waals surface area (Å²) in [6, 6.07) is 7.08. The molecule has 1 saturated heterocycles. The van der Waals surface area contributed by atoms with Crippen LogP contribution in [0.1, 0.15) is 37.0 Å². The maximum absolute atomic E-state index is 10.8. The van der Waals surface area contributed by atoms with Gasteiger partial charge < -0.3 is 14.7 Å². The molecule has 0 saturated carbocycles. The molecular weight excluding hydrogens is 292 g/mol. The minimum atomic E-state index is -0.913. The van der Waals surface area contributed by atoms with Gasteiger partial charge in [0.1, 0.15) is 12.4 Å². The first-order valence-corrected chi connectivity index (χ1v) is 8.49. The molecule has 0 aliphatic carbocycles. The molecule has 128 valence electrons. The van der Waals surface area contributed by atoms with Gasteiger partial charge in [-0.1, -0.05) is 0 Å². The number of hydrogen-bond acceptors (Lipinski definition) is 4. The third kappa shape index (κ3) is 5.84. The predicted octanol–water partition coefficient (Wildman–Crippen LogP) is 2.57. The van der Waals surface area contributed by atoms with Gasteiger partial charge in [-0.15, -0.1) is 0 Å². The molecule has 0 aromatic heterocycles. The molecule has 0 amide bonds. The Hall–Kier alpha value is -1.59. The van der Waals surface area contributed by atoms with Gasteiger partial charge in [0.15, 0.2) is 0 Å². The van der Waals surface area contributed by atoms with Crippen molar-refractivity contribution in [3.63, 3.8) is 0 Å². The normalized spacial score (nSPS) is 15.5. The van der Waals surface area contributed by atoms with Crippen LogP contribution in [0.3, 0.4) is 0 Å². The summed E-state index contributed by atoms with van der Waals surface area (Å²) in [5, 5.41) is 8.88. The monoisotopic (exact) mass is 320 g/mol. The maximum atomic E-state index is 10.8. The summed E-state index contributed by atoms with van der Waals surface area (Å²) in [7, 11) is 0. The molecule has 1 aliphatic heterocycles. The van der Waals surface area contributed by atoms with Crippen LogP contribution in [0.2, 0.25) is 0 Å². The zero-order valence-electron chi connectivity index (χ0n) is 14.2. The van der Waals surface area contributed by atoms with Crippen LogP contribution < -0.4 is 4.74 Å². The van der Waals surface area contributed by atoms with E-state index in [0.29, 0.717) is 12.6 Å². The lowest BCUT2D eigenvalue weighted by Gasteiger charge is -2.28. The van der Waals surface area contributed by atoms with E-state index in [1.807, 2.05) is 0 Å². The van der Waals surface area contributed by atoms with Gasteiger partial charge in [-0.25, -0.2) is 4.79 Å². The van der Waals surface area contributed by atoms with Crippen molar-refractivity contribution in [3.8, 4) is 5.75 Å². The lowest BCUT2D eigenvalue weighted by molar-refractivity contribution is 0.0697. The molecule has 1 heterocycles. The number of benzene rings is 1. The van der Waals surface area contributed by atoms with E-state index in [0.717, 1.165) is 25.4 Å². The van der Waals surface area contributed by atoms with Crippen molar-refractivity contribution in [1.82, 2.24) is 9.80 Å². The Morgan fingerprint density at radius 3 is 2.43 bits per heavy atom. The highest BCUT2D eigenvalue weighted by Gasteiger charge is 2.15. The number of likely N-dealkylation sites (tertiary alicyclic amines) is 1. The van der Waals surface area contributed by atoms with Crippen molar-refractivity contribution in [2.75, 3.05) is 39.3 Å². The highest BCUT2D eigenvalue weighted by atomic mass is 16.5. The van der Waals surface area contributed by atoms with E-state index in [4.69, 9.17) is 9.84 Å². The van der Waals surface area contributed by atoms with Crippen LogP contribution in [0.5, 0.6) is 5.75 Å². The predicted molar refractivity (Wildman–Crippen MR) is 91.3 cm³/mol. The second kappa shape index (κ2) is 8.89. The summed E-state index contributed by atoms with van der Waals surface area (Å²) in [5.41, 5.74) is 0.284. The van der Waals surface area contributed by atoms with Crippen LogP contribution in [0.4, 0.5) is 0 Å². The Balaban J connectivity index is 1.73. The van der Waals surface area contributed by atoms with Crippen LogP contribution >= 0.6 is 0 Å². The Labute approximate surface area is 138 Å². The molecular formula is C18H28N2O3. The summed E-state index contributed by atoms with van der Waals surface area (Å²) >= 11 is 0. The number of carboxylic acid groups (broad SMARTS) is 1. The van der Waals surface area contributed by atoms with Crippen LogP contribution in [0.15, 0.2) is 24.3 Å². The van der Waals surface area contributed by atoms with Gasteiger partial charge in [-0.2, -0.15) is 0 Å². The third-order valence-electron chi connectivity index (χ3n) is 4.38. The van der Waals surface area contributed by atoms with Crippen LogP contribution in [0.25, 0.3) is 0 Å². The standard InChI is InChI=1S/C18H28N2O3/c1-15(2)20(12-11-19-9-3-4-10-19)13-14-23-17-7-5-16(6-8-17)18(21)22/h5-8,15H,3-4,9-14H2,1-2H3,(H,21,22). The van der Waals surface area contributed by atoms with E-state index >= 15 is 0 Å². The van der Waals surface area contributed by atoms with Gasteiger partial charge in [0.25, 0.3) is 0 Å². The number of carbonyl (C=O) groups is 1. The van der Waals surface area contributed by atoms with Gasteiger partial charge in [0, 0.05) is 25.7 Å². The van der Waals surface area contributed by atoms with E-state index in [-0.39, 0.29) is 5.56 Å². The Bertz CT molecular complexity index is 482. The first kappa shape index (κ1) is 17.8. The molecule has 5 nitrogen and oxygen atoms in total. The first-order chi connectivity index (χ1) is 11.1. The molecule has 0 radical (unpaired) electrons. The summed E-state index contributed by atoms with van der Waals surface area (Å²) in [6.45, 7) is 10.6. The average molecular weight is 320 g/mol.